The molecule has 1 radical (unpaired) electrons. The van der Waals surface area contributed by atoms with Crippen molar-refractivity contribution in [2.75, 3.05) is 13.7 Å². The van der Waals surface area contributed by atoms with Gasteiger partial charge in [-0.1, -0.05) is 79.7 Å². The molecular formula is C21H30NORe-. The molecule has 2 aromatic carbocycles. The molecule has 3 heteroatoms. The number of allylic oxidation sites excluding steroid dienone is 2. The van der Waals surface area contributed by atoms with Gasteiger partial charge in [-0.3, -0.25) is 0 Å². The molecule has 0 spiro atoms. The number of hydrogen-bond acceptors (Lipinski definition) is 1. The Balaban J connectivity index is 0. The van der Waals surface area contributed by atoms with E-state index in [1.807, 2.05) is 74.5 Å². The van der Waals surface area contributed by atoms with Crippen LogP contribution in [0.1, 0.15) is 32.8 Å². The summed E-state index contributed by atoms with van der Waals surface area (Å²) in [6, 6.07) is 20.1. The van der Waals surface area contributed by atoms with Gasteiger partial charge in [0.25, 0.3) is 0 Å². The minimum absolute atomic E-state index is 0. The van der Waals surface area contributed by atoms with Crippen LogP contribution in [0.4, 0.5) is 5.69 Å². The maximum Gasteiger partial charge on any atom is 0.0716 e. The molecule has 0 amide bonds. The molecular weight excluding hydrogens is 468 g/mol. The average molecular weight is 499 g/mol. The van der Waals surface area contributed by atoms with Crippen molar-refractivity contribution in [1.82, 2.24) is 0 Å². The zero-order valence-electron chi connectivity index (χ0n) is 15.3. The second-order valence-corrected chi connectivity index (χ2v) is 4.76. The van der Waals surface area contributed by atoms with E-state index in [2.05, 4.69) is 24.4 Å². The first-order valence-corrected chi connectivity index (χ1v) is 8.12. The Bertz CT molecular complexity index is 482. The summed E-state index contributed by atoms with van der Waals surface area (Å²) in [7, 11) is 1.79. The summed E-state index contributed by atoms with van der Waals surface area (Å²) in [6.45, 7) is 7.72. The molecule has 0 bridgehead atoms. The third kappa shape index (κ3) is 15.5. The number of hydrogen-bond donors (Lipinski definition) is 0. The minimum Gasteiger partial charge on any atom is -0.687 e. The minimum atomic E-state index is 0. The van der Waals surface area contributed by atoms with Crippen LogP contribution in [0.5, 0.6) is 0 Å². The standard InChI is InChI=1S/C10H14O.C7H8N.C4H8.Re/c1-2-8-11-9-10-6-4-3-5-7-10;1-8-7-5-3-2-4-6-7;1-3-4-2;/h3-7H,2,8-9H2,1H3;2-6H,1H3;3-4H,1-2H3;/q;-1;;/b;;4-3+;. The maximum atomic E-state index is 5.37. The molecule has 2 aromatic rings. The van der Waals surface area contributed by atoms with E-state index in [9.17, 15) is 0 Å². The Morgan fingerprint density at radius 3 is 1.75 bits per heavy atom. The van der Waals surface area contributed by atoms with Crippen molar-refractivity contribution in [3.63, 3.8) is 0 Å². The van der Waals surface area contributed by atoms with Crippen molar-refractivity contribution in [3.05, 3.63) is 83.7 Å². The van der Waals surface area contributed by atoms with Crippen LogP contribution in [0.2, 0.25) is 0 Å². The first-order valence-electron chi connectivity index (χ1n) is 8.12. The van der Waals surface area contributed by atoms with Gasteiger partial charge in [-0.25, -0.2) is 0 Å². The molecule has 0 N–H and O–H groups in total. The smallest absolute Gasteiger partial charge is 0.0716 e. The van der Waals surface area contributed by atoms with Gasteiger partial charge >= 0.3 is 0 Å². The number of nitrogens with zero attached hydrogens (tertiary/aromatic N) is 1. The van der Waals surface area contributed by atoms with Crippen LogP contribution in [0.3, 0.4) is 0 Å². The summed E-state index contributed by atoms with van der Waals surface area (Å²) < 4.78 is 5.37. The van der Waals surface area contributed by atoms with Crippen molar-refractivity contribution in [1.29, 1.82) is 0 Å². The van der Waals surface area contributed by atoms with E-state index in [0.717, 1.165) is 25.3 Å². The molecule has 24 heavy (non-hydrogen) atoms. The van der Waals surface area contributed by atoms with Crippen LogP contribution in [0, 0.1) is 0 Å². The summed E-state index contributed by atoms with van der Waals surface area (Å²) in [5, 5.41) is 3.97. The van der Waals surface area contributed by atoms with Crippen LogP contribution in [0.15, 0.2) is 72.8 Å². The van der Waals surface area contributed by atoms with Gasteiger partial charge in [-0.15, -0.1) is 12.7 Å². The van der Waals surface area contributed by atoms with Crippen LogP contribution in [0.25, 0.3) is 5.32 Å². The average Bonchev–Trinajstić information content (AvgIpc) is 2.64. The van der Waals surface area contributed by atoms with E-state index in [1.54, 1.807) is 7.05 Å². The van der Waals surface area contributed by atoms with Gasteiger partial charge in [0.05, 0.1) is 6.61 Å². The summed E-state index contributed by atoms with van der Waals surface area (Å²) in [4.78, 5) is 0. The Kier molecular flexibility index (Phi) is 20.3. The molecule has 2 nitrogen and oxygen atoms in total. The quantitative estimate of drug-likeness (QED) is 0.340. The zero-order chi connectivity index (χ0) is 17.2. The van der Waals surface area contributed by atoms with Crippen molar-refractivity contribution in [2.45, 2.75) is 33.8 Å². The third-order valence-corrected chi connectivity index (χ3v) is 2.81. The molecule has 0 aromatic heterocycles. The van der Waals surface area contributed by atoms with Gasteiger partial charge < -0.3 is 10.1 Å². The van der Waals surface area contributed by atoms with Gasteiger partial charge in [0.2, 0.25) is 0 Å². The fraction of sp³-hybridized carbons (Fsp3) is 0.333. The molecule has 0 unspecified atom stereocenters. The normalized spacial score (nSPS) is 9.00. The molecule has 0 heterocycles. The Hall–Kier alpha value is -1.40. The Labute approximate surface area is 162 Å². The van der Waals surface area contributed by atoms with E-state index < -0.39 is 0 Å². The molecule has 0 aliphatic rings. The summed E-state index contributed by atoms with van der Waals surface area (Å²) >= 11 is 0. The summed E-state index contributed by atoms with van der Waals surface area (Å²) in [6.07, 6.45) is 5.09. The number of benzene rings is 2. The van der Waals surface area contributed by atoms with Crippen molar-refractivity contribution in [3.8, 4) is 0 Å². The predicted octanol–water partition coefficient (Wildman–Crippen LogP) is 6.51. The number of rotatable bonds is 5. The largest absolute Gasteiger partial charge is 0.687 e. The van der Waals surface area contributed by atoms with Crippen LogP contribution in [-0.4, -0.2) is 13.7 Å². The van der Waals surface area contributed by atoms with Gasteiger partial charge in [0.15, 0.2) is 0 Å². The van der Waals surface area contributed by atoms with Crippen LogP contribution >= 0.6 is 0 Å². The number of ether oxygens (including phenoxy) is 1. The molecule has 0 saturated heterocycles. The van der Waals surface area contributed by atoms with E-state index in [1.165, 1.54) is 5.56 Å². The number of para-hydroxylation sites is 1. The Morgan fingerprint density at radius 1 is 0.875 bits per heavy atom. The molecule has 0 saturated carbocycles. The predicted molar refractivity (Wildman–Crippen MR) is 102 cm³/mol. The fourth-order valence-electron chi connectivity index (χ4n) is 1.49. The SMILES string of the molecule is C/C=C/C.CCCOCc1ccccc1.C[N-]c1ccccc1.[Re]. The van der Waals surface area contributed by atoms with Gasteiger partial charge in [0, 0.05) is 27.0 Å². The van der Waals surface area contributed by atoms with Crippen molar-refractivity contribution >= 4 is 5.69 Å². The monoisotopic (exact) mass is 499 g/mol. The van der Waals surface area contributed by atoms with Gasteiger partial charge in [-0.05, 0) is 25.8 Å². The fourth-order valence-corrected chi connectivity index (χ4v) is 1.49. The molecule has 0 fully saturated rings. The van der Waals surface area contributed by atoms with E-state index in [4.69, 9.17) is 4.74 Å². The molecule has 0 aliphatic heterocycles. The van der Waals surface area contributed by atoms with E-state index in [0.29, 0.717) is 0 Å². The first-order chi connectivity index (χ1) is 11.3. The Morgan fingerprint density at radius 2 is 1.38 bits per heavy atom. The second-order valence-electron chi connectivity index (χ2n) is 4.76. The summed E-state index contributed by atoms with van der Waals surface area (Å²) in [5.74, 6) is 0. The first kappa shape index (κ1) is 24.8. The second kappa shape index (κ2) is 19.6. The van der Waals surface area contributed by atoms with Crippen molar-refractivity contribution in [2.24, 2.45) is 0 Å². The van der Waals surface area contributed by atoms with Gasteiger partial charge in [-0.2, -0.15) is 0 Å². The molecule has 0 atom stereocenters. The van der Waals surface area contributed by atoms with E-state index >= 15 is 0 Å². The topological polar surface area (TPSA) is 23.3 Å². The third-order valence-electron chi connectivity index (χ3n) is 2.81. The molecule has 2 rings (SSSR count). The summed E-state index contributed by atoms with van der Waals surface area (Å²) in [5.41, 5.74) is 2.29. The molecule has 0 aliphatic carbocycles. The van der Waals surface area contributed by atoms with Crippen molar-refractivity contribution < 1.29 is 25.2 Å². The van der Waals surface area contributed by atoms with Gasteiger partial charge in [0.1, 0.15) is 0 Å². The molecule has 133 valence electrons. The van der Waals surface area contributed by atoms with Crippen LogP contribution < -0.4 is 0 Å². The zero-order valence-corrected chi connectivity index (χ0v) is 18.0. The van der Waals surface area contributed by atoms with E-state index in [-0.39, 0.29) is 20.4 Å². The van der Waals surface area contributed by atoms with Crippen LogP contribution in [-0.2, 0) is 31.8 Å². The maximum absolute atomic E-state index is 5.37.